The molecular formula is C10H23N3O. The van der Waals surface area contributed by atoms with Crippen LogP contribution in [0.5, 0.6) is 0 Å². The summed E-state index contributed by atoms with van der Waals surface area (Å²) in [7, 11) is 2.03. The van der Waals surface area contributed by atoms with Crippen LogP contribution < -0.4 is 11.1 Å². The lowest BCUT2D eigenvalue weighted by Gasteiger charge is -2.15. The molecule has 0 unspecified atom stereocenters. The second-order valence-electron chi connectivity index (χ2n) is 3.58. The van der Waals surface area contributed by atoms with Crippen LogP contribution >= 0.6 is 0 Å². The highest BCUT2D eigenvalue weighted by Gasteiger charge is 2.10. The molecule has 0 bridgehead atoms. The third kappa shape index (κ3) is 5.94. The number of amides is 1. The lowest BCUT2D eigenvalue weighted by Crippen LogP contribution is -2.43. The molecule has 0 rings (SSSR count). The van der Waals surface area contributed by atoms with E-state index in [2.05, 4.69) is 17.1 Å². The number of hydrogen-bond donors (Lipinski definition) is 2. The van der Waals surface area contributed by atoms with Crippen LogP contribution in [0.3, 0.4) is 0 Å². The second-order valence-corrected chi connectivity index (χ2v) is 3.58. The number of nitrogens with one attached hydrogen (secondary N) is 1. The molecule has 0 aliphatic rings. The van der Waals surface area contributed by atoms with Gasteiger partial charge in [-0.25, -0.2) is 0 Å². The van der Waals surface area contributed by atoms with Crippen LogP contribution in [-0.4, -0.2) is 43.5 Å². The molecule has 0 aliphatic heterocycles. The molecule has 14 heavy (non-hydrogen) atoms. The van der Waals surface area contributed by atoms with Crippen LogP contribution in [0.15, 0.2) is 0 Å². The molecule has 0 heterocycles. The summed E-state index contributed by atoms with van der Waals surface area (Å²) in [5.74, 6) is -0.0312. The van der Waals surface area contributed by atoms with Gasteiger partial charge in [0.1, 0.15) is 0 Å². The summed E-state index contributed by atoms with van der Waals surface area (Å²) in [5, 5.41) is 2.83. The van der Waals surface area contributed by atoms with E-state index in [1.165, 1.54) is 0 Å². The maximum atomic E-state index is 11.3. The van der Waals surface area contributed by atoms with Crippen molar-refractivity contribution >= 4 is 5.91 Å². The van der Waals surface area contributed by atoms with Crippen LogP contribution in [-0.2, 0) is 4.79 Å². The molecule has 0 aromatic carbocycles. The fourth-order valence-electron chi connectivity index (χ4n) is 1.10. The first-order valence-electron chi connectivity index (χ1n) is 5.33. The van der Waals surface area contributed by atoms with Crippen molar-refractivity contribution in [2.24, 2.45) is 5.73 Å². The van der Waals surface area contributed by atoms with Crippen molar-refractivity contribution in [3.63, 3.8) is 0 Å². The molecule has 3 N–H and O–H groups in total. The molecule has 0 saturated heterocycles. The van der Waals surface area contributed by atoms with Gasteiger partial charge in [-0.15, -0.1) is 0 Å². The van der Waals surface area contributed by atoms with Crippen LogP contribution in [0.1, 0.15) is 26.7 Å². The topological polar surface area (TPSA) is 58.4 Å². The summed E-state index contributed by atoms with van der Waals surface area (Å²) in [4.78, 5) is 13.5. The first-order valence-corrected chi connectivity index (χ1v) is 5.33. The number of likely N-dealkylation sites (N-methyl/N-ethyl adjacent to an activating group) is 1. The smallest absolute Gasteiger partial charge is 0.236 e. The summed E-state index contributed by atoms with van der Waals surface area (Å²) in [6.45, 7) is 6.67. The summed E-state index contributed by atoms with van der Waals surface area (Å²) in [6, 6.07) is -0.341. The number of nitrogens with two attached hydrogens (primary N) is 1. The van der Waals surface area contributed by atoms with E-state index in [1.54, 1.807) is 0 Å². The molecule has 1 amide bonds. The molecule has 0 radical (unpaired) electrons. The van der Waals surface area contributed by atoms with E-state index >= 15 is 0 Å². The van der Waals surface area contributed by atoms with Crippen molar-refractivity contribution < 1.29 is 4.79 Å². The van der Waals surface area contributed by atoms with Gasteiger partial charge < -0.3 is 16.0 Å². The second kappa shape index (κ2) is 7.76. The van der Waals surface area contributed by atoms with Crippen molar-refractivity contribution in [3.05, 3.63) is 0 Å². The largest absolute Gasteiger partial charge is 0.353 e. The zero-order valence-corrected chi connectivity index (χ0v) is 9.55. The summed E-state index contributed by atoms with van der Waals surface area (Å²) >= 11 is 0. The van der Waals surface area contributed by atoms with Crippen molar-refractivity contribution in [3.8, 4) is 0 Å². The maximum Gasteiger partial charge on any atom is 0.236 e. The monoisotopic (exact) mass is 201 g/mol. The molecular weight excluding hydrogens is 178 g/mol. The van der Waals surface area contributed by atoms with Crippen LogP contribution in [0.25, 0.3) is 0 Å². The predicted octanol–water partition coefficient (Wildman–Crippen LogP) is 0.182. The molecule has 0 aromatic rings. The van der Waals surface area contributed by atoms with Crippen molar-refractivity contribution in [2.45, 2.75) is 32.7 Å². The van der Waals surface area contributed by atoms with Gasteiger partial charge >= 0.3 is 0 Å². The molecule has 0 saturated carbocycles. The number of rotatable bonds is 7. The fourth-order valence-corrected chi connectivity index (χ4v) is 1.10. The Morgan fingerprint density at radius 2 is 2.14 bits per heavy atom. The van der Waals surface area contributed by atoms with E-state index in [4.69, 9.17) is 5.73 Å². The van der Waals surface area contributed by atoms with Crippen LogP contribution in [0.2, 0.25) is 0 Å². The molecule has 1 atom stereocenters. The SMILES string of the molecule is CCC[C@H](N)C(=O)NCCN(C)CC. The lowest BCUT2D eigenvalue weighted by atomic mass is 10.2. The van der Waals surface area contributed by atoms with Gasteiger partial charge in [-0.05, 0) is 20.0 Å². The van der Waals surface area contributed by atoms with E-state index < -0.39 is 0 Å². The standard InChI is InChI=1S/C10H23N3O/c1-4-6-9(11)10(14)12-7-8-13(3)5-2/h9H,4-8,11H2,1-3H3,(H,12,14)/t9-/m0/s1. The molecule has 4 nitrogen and oxygen atoms in total. The Morgan fingerprint density at radius 3 is 2.64 bits per heavy atom. The first kappa shape index (κ1) is 13.4. The van der Waals surface area contributed by atoms with Crippen molar-refractivity contribution in [1.82, 2.24) is 10.2 Å². The van der Waals surface area contributed by atoms with Gasteiger partial charge in [0.05, 0.1) is 6.04 Å². The molecule has 0 fully saturated rings. The van der Waals surface area contributed by atoms with E-state index in [0.29, 0.717) is 6.54 Å². The molecule has 0 aliphatic carbocycles. The fraction of sp³-hybridized carbons (Fsp3) is 0.900. The minimum atomic E-state index is -0.341. The summed E-state index contributed by atoms with van der Waals surface area (Å²) in [6.07, 6.45) is 1.71. The average molecular weight is 201 g/mol. The molecule has 84 valence electrons. The highest BCUT2D eigenvalue weighted by molar-refractivity contribution is 5.81. The Balaban J connectivity index is 3.53. The van der Waals surface area contributed by atoms with Gasteiger partial charge in [-0.3, -0.25) is 4.79 Å². The Hall–Kier alpha value is -0.610. The van der Waals surface area contributed by atoms with E-state index in [-0.39, 0.29) is 11.9 Å². The van der Waals surface area contributed by atoms with Gasteiger partial charge in [0.25, 0.3) is 0 Å². The normalized spacial score (nSPS) is 12.9. The Kier molecular flexibility index (Phi) is 7.42. The van der Waals surface area contributed by atoms with E-state index in [0.717, 1.165) is 25.9 Å². The minimum Gasteiger partial charge on any atom is -0.353 e. The zero-order valence-electron chi connectivity index (χ0n) is 9.55. The van der Waals surface area contributed by atoms with Gasteiger partial charge in [0.2, 0.25) is 5.91 Å². The third-order valence-electron chi connectivity index (χ3n) is 2.27. The van der Waals surface area contributed by atoms with Gasteiger partial charge in [-0.1, -0.05) is 20.3 Å². The first-order chi connectivity index (χ1) is 6.61. The molecule has 0 spiro atoms. The number of carbonyl (C=O) groups is 1. The Bertz CT molecular complexity index is 161. The van der Waals surface area contributed by atoms with E-state index in [9.17, 15) is 4.79 Å². The third-order valence-corrected chi connectivity index (χ3v) is 2.27. The van der Waals surface area contributed by atoms with Gasteiger partial charge in [-0.2, -0.15) is 0 Å². The Morgan fingerprint density at radius 1 is 1.50 bits per heavy atom. The number of carbonyl (C=O) groups excluding carboxylic acids is 1. The van der Waals surface area contributed by atoms with E-state index in [1.807, 2.05) is 14.0 Å². The van der Waals surface area contributed by atoms with Crippen molar-refractivity contribution in [1.29, 1.82) is 0 Å². The zero-order chi connectivity index (χ0) is 11.0. The minimum absolute atomic E-state index is 0.0312. The Labute approximate surface area is 86.8 Å². The number of nitrogens with zero attached hydrogens (tertiary/aromatic N) is 1. The average Bonchev–Trinajstić information content (AvgIpc) is 2.17. The highest BCUT2D eigenvalue weighted by atomic mass is 16.2. The maximum absolute atomic E-state index is 11.3. The highest BCUT2D eigenvalue weighted by Crippen LogP contribution is 1.92. The van der Waals surface area contributed by atoms with Crippen LogP contribution in [0.4, 0.5) is 0 Å². The van der Waals surface area contributed by atoms with Crippen molar-refractivity contribution in [2.75, 3.05) is 26.7 Å². The quantitative estimate of drug-likeness (QED) is 0.618. The molecule has 0 aromatic heterocycles. The lowest BCUT2D eigenvalue weighted by molar-refractivity contribution is -0.122. The molecule has 4 heteroatoms. The van der Waals surface area contributed by atoms with Crippen LogP contribution in [0, 0.1) is 0 Å². The summed E-state index contributed by atoms with van der Waals surface area (Å²) in [5.41, 5.74) is 5.65. The van der Waals surface area contributed by atoms with Gasteiger partial charge in [0.15, 0.2) is 0 Å². The predicted molar refractivity (Wildman–Crippen MR) is 59.1 cm³/mol. The number of hydrogen-bond acceptors (Lipinski definition) is 3. The van der Waals surface area contributed by atoms with Gasteiger partial charge in [0, 0.05) is 13.1 Å². The summed E-state index contributed by atoms with van der Waals surface area (Å²) < 4.78 is 0.